The molecule has 6 nitrogen and oxygen atoms in total. The minimum absolute atomic E-state index is 0.0529. The maximum atomic E-state index is 15.7. The first-order valence-corrected chi connectivity index (χ1v) is 13.8. The normalized spacial score (nSPS) is 24.6. The minimum atomic E-state index is -4.27. The number of benzene rings is 2. The van der Waals surface area contributed by atoms with E-state index >= 15 is 4.39 Å². The Balaban J connectivity index is 1.53. The zero-order valence-corrected chi connectivity index (χ0v) is 20.7. The van der Waals surface area contributed by atoms with E-state index in [1.54, 1.807) is 18.2 Å². The zero-order valence-electron chi connectivity index (χ0n) is 19.9. The molecule has 0 aromatic heterocycles. The largest absolute Gasteiger partial charge is 0.380 e. The number of likely N-dealkylation sites (tertiary alicyclic amines) is 1. The van der Waals surface area contributed by atoms with Crippen LogP contribution < -0.4 is 4.72 Å². The Bertz CT molecular complexity index is 1290. The smallest absolute Gasteiger partial charge is 0.254 e. The van der Waals surface area contributed by atoms with E-state index < -0.39 is 56.7 Å². The molecule has 1 aliphatic heterocycles. The van der Waals surface area contributed by atoms with Gasteiger partial charge in [0.25, 0.3) is 5.91 Å². The summed E-state index contributed by atoms with van der Waals surface area (Å²) in [7, 11) is -4.27. The average molecular weight is 523 g/mol. The first-order valence-electron chi connectivity index (χ1n) is 12.1. The van der Waals surface area contributed by atoms with Crippen molar-refractivity contribution in [1.29, 1.82) is 0 Å². The zero-order chi connectivity index (χ0) is 25.9. The van der Waals surface area contributed by atoms with E-state index in [0.29, 0.717) is 31.2 Å². The fraction of sp³-hybridized carbons (Fsp3) is 0.500. The summed E-state index contributed by atoms with van der Waals surface area (Å²) in [6.45, 7) is 1.66. The predicted octanol–water partition coefficient (Wildman–Crippen LogP) is 3.54. The number of carbonyl (C=O) groups excluding carboxylic acids is 1. The van der Waals surface area contributed by atoms with Gasteiger partial charge in [0, 0.05) is 23.6 Å². The van der Waals surface area contributed by atoms with Crippen LogP contribution in [0, 0.1) is 23.0 Å². The molecular weight excluding hydrogens is 493 g/mol. The third-order valence-corrected chi connectivity index (χ3v) is 8.88. The van der Waals surface area contributed by atoms with Crippen LogP contribution in [0.25, 0.3) is 11.1 Å². The summed E-state index contributed by atoms with van der Waals surface area (Å²) in [4.78, 5) is 15.0. The second kappa shape index (κ2) is 8.85. The van der Waals surface area contributed by atoms with Crippen molar-refractivity contribution in [1.82, 2.24) is 9.62 Å². The quantitative estimate of drug-likeness (QED) is 0.555. The van der Waals surface area contributed by atoms with Crippen molar-refractivity contribution in [2.45, 2.75) is 56.7 Å². The van der Waals surface area contributed by atoms with Crippen molar-refractivity contribution >= 4 is 15.9 Å². The van der Waals surface area contributed by atoms with Gasteiger partial charge >= 0.3 is 0 Å². The fourth-order valence-corrected chi connectivity index (χ4v) is 6.46. The number of carbonyl (C=O) groups is 1. The van der Waals surface area contributed by atoms with Gasteiger partial charge in [-0.15, -0.1) is 0 Å². The van der Waals surface area contributed by atoms with Crippen LogP contribution in [-0.4, -0.2) is 54.6 Å². The number of hydrogen-bond acceptors (Lipinski definition) is 4. The van der Waals surface area contributed by atoms with E-state index in [4.69, 9.17) is 0 Å². The molecule has 0 radical (unpaired) electrons. The lowest BCUT2D eigenvalue weighted by atomic mass is 9.91. The van der Waals surface area contributed by atoms with Gasteiger partial charge in [0.05, 0.1) is 6.04 Å². The number of halogens is 3. The van der Waals surface area contributed by atoms with E-state index in [0.717, 1.165) is 0 Å². The van der Waals surface area contributed by atoms with Crippen molar-refractivity contribution in [3.63, 3.8) is 0 Å². The molecule has 3 atom stereocenters. The number of hydrogen-bond donors (Lipinski definition) is 2. The first kappa shape index (κ1) is 25.2. The molecule has 2 aliphatic carbocycles. The molecule has 10 heteroatoms. The molecule has 1 heterocycles. The maximum Gasteiger partial charge on any atom is 0.254 e. The van der Waals surface area contributed by atoms with Crippen LogP contribution in [0.4, 0.5) is 13.2 Å². The van der Waals surface area contributed by atoms with Crippen LogP contribution in [0.3, 0.4) is 0 Å². The Morgan fingerprint density at radius 1 is 1.19 bits per heavy atom. The van der Waals surface area contributed by atoms with Crippen molar-refractivity contribution in [3.8, 4) is 11.1 Å². The van der Waals surface area contributed by atoms with E-state index in [1.807, 2.05) is 0 Å². The molecule has 0 bridgehead atoms. The third-order valence-electron chi connectivity index (χ3n) is 7.98. The number of nitrogens with zero attached hydrogens (tertiary/aromatic N) is 1. The van der Waals surface area contributed by atoms with Crippen LogP contribution in [0.15, 0.2) is 42.5 Å². The molecule has 1 saturated heterocycles. The predicted molar refractivity (Wildman–Crippen MR) is 128 cm³/mol. The molecule has 2 aromatic rings. The van der Waals surface area contributed by atoms with Crippen molar-refractivity contribution in [2.75, 3.05) is 12.6 Å². The molecule has 3 aliphatic rings. The van der Waals surface area contributed by atoms with Gasteiger partial charge in [-0.05, 0) is 68.2 Å². The summed E-state index contributed by atoms with van der Waals surface area (Å²) >= 11 is 0. The Morgan fingerprint density at radius 3 is 2.50 bits per heavy atom. The van der Waals surface area contributed by atoms with Gasteiger partial charge in [0.15, 0.2) is 0 Å². The molecule has 3 fully saturated rings. The summed E-state index contributed by atoms with van der Waals surface area (Å²) in [6.07, 6.45) is 2.63. The van der Waals surface area contributed by atoms with Crippen LogP contribution in [0.5, 0.6) is 0 Å². The highest BCUT2D eigenvalue weighted by atomic mass is 32.2. The van der Waals surface area contributed by atoms with Gasteiger partial charge in [-0.3, -0.25) is 4.79 Å². The number of rotatable bonds is 8. The van der Waals surface area contributed by atoms with Gasteiger partial charge < -0.3 is 10.0 Å². The lowest BCUT2D eigenvalue weighted by Crippen LogP contribution is -2.54. The average Bonchev–Trinajstić information content (AvgIpc) is 3.75. The maximum absolute atomic E-state index is 15.7. The van der Waals surface area contributed by atoms with Crippen LogP contribution in [-0.2, 0) is 21.2 Å². The van der Waals surface area contributed by atoms with Gasteiger partial charge in [-0.25, -0.2) is 26.3 Å². The van der Waals surface area contributed by atoms with Crippen LogP contribution in [0.2, 0.25) is 0 Å². The Morgan fingerprint density at radius 2 is 1.89 bits per heavy atom. The number of sulfonamides is 1. The molecule has 5 rings (SSSR count). The number of alkyl halides is 1. The van der Waals surface area contributed by atoms with Gasteiger partial charge in [0.2, 0.25) is 16.0 Å². The first-order chi connectivity index (χ1) is 17.0. The molecule has 2 saturated carbocycles. The molecule has 0 unspecified atom stereocenters. The fourth-order valence-electron chi connectivity index (χ4n) is 5.60. The van der Waals surface area contributed by atoms with Gasteiger partial charge in [0.1, 0.15) is 17.2 Å². The summed E-state index contributed by atoms with van der Waals surface area (Å²) in [5.41, 5.74) is -1.47. The molecule has 194 valence electrons. The van der Waals surface area contributed by atoms with E-state index in [1.165, 1.54) is 36.1 Å². The standard InChI is InChI=1S/C26H29F3N2O4S/c1-25(33,18-8-9-18)24(32)31-14-26(10-11-26)23(30-36(34,35)15-27)21(31)13-17-5-3-7-20(22(17)29)16-4-2-6-19(28)12-16/h2-7,12,18,21,23,30,33H,8-11,13-15H2,1H3/t21-,23+,25-/m0/s1. The highest BCUT2D eigenvalue weighted by molar-refractivity contribution is 7.89. The summed E-state index contributed by atoms with van der Waals surface area (Å²) in [5, 5.41) is 11.0. The lowest BCUT2D eigenvalue weighted by Gasteiger charge is -2.34. The summed E-state index contributed by atoms with van der Waals surface area (Å²) < 4.78 is 69.7. The van der Waals surface area contributed by atoms with E-state index in [2.05, 4.69) is 4.72 Å². The molecule has 1 amide bonds. The van der Waals surface area contributed by atoms with E-state index in [-0.39, 0.29) is 30.0 Å². The Kier molecular flexibility index (Phi) is 6.20. The third kappa shape index (κ3) is 4.54. The van der Waals surface area contributed by atoms with Gasteiger partial charge in [-0.2, -0.15) is 0 Å². The van der Waals surface area contributed by atoms with Crippen molar-refractivity contribution < 1.29 is 31.5 Å². The SMILES string of the molecule is C[C@@](O)(C(=O)N1CC2(CC2)[C@H](NS(=O)(=O)CF)[C@@H]1Cc1cccc(-c2cccc(F)c2)c1F)C1CC1. The second-order valence-electron chi connectivity index (χ2n) is 10.6. The molecule has 2 N–H and O–H groups in total. The summed E-state index contributed by atoms with van der Waals surface area (Å²) in [5.74, 6) is -1.82. The number of amides is 1. The molecular formula is C26H29F3N2O4S. The Labute approximate surface area is 208 Å². The Hall–Kier alpha value is -2.43. The van der Waals surface area contributed by atoms with Crippen LogP contribution in [0.1, 0.15) is 38.2 Å². The number of aliphatic hydroxyl groups is 1. The van der Waals surface area contributed by atoms with Crippen molar-refractivity contribution in [3.05, 3.63) is 59.7 Å². The lowest BCUT2D eigenvalue weighted by molar-refractivity contribution is -0.153. The summed E-state index contributed by atoms with van der Waals surface area (Å²) in [6, 6.07) is 6.96. The van der Waals surface area contributed by atoms with Crippen LogP contribution >= 0.6 is 0 Å². The highest BCUT2D eigenvalue weighted by Gasteiger charge is 2.63. The number of nitrogens with one attached hydrogen (secondary N) is 1. The van der Waals surface area contributed by atoms with E-state index in [9.17, 15) is 27.1 Å². The topological polar surface area (TPSA) is 86.7 Å². The molecule has 2 aromatic carbocycles. The highest BCUT2D eigenvalue weighted by Crippen LogP contribution is 2.56. The second-order valence-corrected chi connectivity index (χ2v) is 12.3. The van der Waals surface area contributed by atoms with Gasteiger partial charge in [-0.1, -0.05) is 30.3 Å². The molecule has 36 heavy (non-hydrogen) atoms. The molecule has 1 spiro atoms. The minimum Gasteiger partial charge on any atom is -0.380 e. The van der Waals surface area contributed by atoms with Crippen molar-refractivity contribution in [2.24, 2.45) is 11.3 Å². The monoisotopic (exact) mass is 522 g/mol.